The smallest absolute Gasteiger partial charge is 0.306 e. The Balaban J connectivity index is 1.70. The van der Waals surface area contributed by atoms with Gasteiger partial charge in [-0.15, -0.1) is 0 Å². The van der Waals surface area contributed by atoms with Crippen LogP contribution in [0.2, 0.25) is 0 Å². The van der Waals surface area contributed by atoms with Crippen molar-refractivity contribution >= 4 is 11.7 Å². The molecule has 3 aromatic rings. The fraction of sp³-hybridized carbons (Fsp3) is 0.424. The topological polar surface area (TPSA) is 66.0 Å². The molecule has 0 unspecified atom stereocenters. The molecule has 0 fully saturated rings. The molecule has 0 aliphatic heterocycles. The van der Waals surface area contributed by atoms with Crippen molar-refractivity contribution in [2.45, 2.75) is 66.5 Å². The minimum atomic E-state index is -0.552. The largest absolute Gasteiger partial charge is 0.496 e. The van der Waals surface area contributed by atoms with E-state index in [1.54, 1.807) is 13.2 Å². The summed E-state index contributed by atoms with van der Waals surface area (Å²) >= 11 is 0. The van der Waals surface area contributed by atoms with Crippen molar-refractivity contribution in [2.24, 2.45) is 0 Å². The Hall–Kier alpha value is -3.58. The molecule has 0 atom stereocenters. The Kier molecular flexibility index (Phi) is 11.0. The minimum absolute atomic E-state index is 0.134. The number of benzene rings is 3. The number of rotatable bonds is 13. The molecule has 7 heteroatoms. The highest BCUT2D eigenvalue weighted by atomic mass is 19.1. The third kappa shape index (κ3) is 8.98. The van der Waals surface area contributed by atoms with Crippen LogP contribution in [0, 0.1) is 19.7 Å². The lowest BCUT2D eigenvalue weighted by Gasteiger charge is -2.19. The summed E-state index contributed by atoms with van der Waals surface area (Å²) in [5, 5.41) is 3.31. The molecule has 0 radical (unpaired) electrons. The van der Waals surface area contributed by atoms with Crippen molar-refractivity contribution in [1.29, 1.82) is 0 Å². The predicted octanol–water partition coefficient (Wildman–Crippen LogP) is 7.42. The van der Waals surface area contributed by atoms with E-state index in [1.165, 1.54) is 6.07 Å². The number of ether oxygens (including phenoxy) is 4. The van der Waals surface area contributed by atoms with E-state index >= 15 is 0 Å². The second kappa shape index (κ2) is 14.2. The van der Waals surface area contributed by atoms with Crippen LogP contribution in [0.15, 0.2) is 48.5 Å². The Morgan fingerprint density at radius 1 is 0.975 bits per heavy atom. The molecule has 1 N–H and O–H groups in total. The summed E-state index contributed by atoms with van der Waals surface area (Å²) in [6.45, 7) is 13.8. The monoisotopic (exact) mass is 551 g/mol. The van der Waals surface area contributed by atoms with E-state index in [-0.39, 0.29) is 24.6 Å². The number of hydrogen-bond acceptors (Lipinski definition) is 6. The van der Waals surface area contributed by atoms with Gasteiger partial charge in [-0.2, -0.15) is 0 Å². The van der Waals surface area contributed by atoms with Gasteiger partial charge in [0, 0.05) is 30.8 Å². The van der Waals surface area contributed by atoms with E-state index < -0.39 is 5.60 Å². The highest BCUT2D eigenvalue weighted by molar-refractivity contribution is 5.77. The first-order valence-electron chi connectivity index (χ1n) is 13.7. The normalized spacial score (nSPS) is 11.3. The molecule has 0 heterocycles. The van der Waals surface area contributed by atoms with Gasteiger partial charge in [0.15, 0.2) is 0 Å². The molecule has 0 spiro atoms. The molecule has 6 nitrogen and oxygen atoms in total. The van der Waals surface area contributed by atoms with E-state index in [4.69, 9.17) is 18.9 Å². The van der Waals surface area contributed by atoms with Crippen LogP contribution in [-0.2, 0) is 27.2 Å². The molecule has 0 saturated heterocycles. The second-order valence-electron chi connectivity index (χ2n) is 10.8. The molecule has 0 aliphatic carbocycles. The SMILES string of the molecule is CCOCCOc1cc(C)c(-c2cc(CNc3ccc(CCC(=O)OC(C)(C)C)c(F)c3)ccc2OC)c(C)c1. The zero-order valence-electron chi connectivity index (χ0n) is 24.8. The van der Waals surface area contributed by atoms with Gasteiger partial charge in [-0.25, -0.2) is 4.39 Å². The zero-order chi connectivity index (χ0) is 29.3. The molecule has 216 valence electrons. The predicted molar refractivity (Wildman–Crippen MR) is 158 cm³/mol. The molecular formula is C33H42FNO5. The first-order valence-corrected chi connectivity index (χ1v) is 13.7. The van der Waals surface area contributed by atoms with Gasteiger partial charge >= 0.3 is 5.97 Å². The van der Waals surface area contributed by atoms with Crippen molar-refractivity contribution in [3.05, 3.63) is 76.6 Å². The van der Waals surface area contributed by atoms with E-state index in [0.717, 1.165) is 39.3 Å². The van der Waals surface area contributed by atoms with Gasteiger partial charge in [-0.1, -0.05) is 12.1 Å². The average molecular weight is 552 g/mol. The van der Waals surface area contributed by atoms with Crippen LogP contribution in [-0.4, -0.2) is 38.5 Å². The standard InChI is InChI=1S/C33H42FNO5/c1-8-38-15-16-39-27-17-22(2)32(23(3)18-27)28-19-24(9-13-30(28)37-7)21-35-26-12-10-25(29(34)20-26)11-14-31(36)40-33(4,5)6/h9-10,12-13,17-20,35H,8,11,14-16,21H2,1-7H3. The van der Waals surface area contributed by atoms with E-state index in [1.807, 2.05) is 58.0 Å². The van der Waals surface area contributed by atoms with Gasteiger partial charge in [0.25, 0.3) is 0 Å². The van der Waals surface area contributed by atoms with Crippen LogP contribution in [0.1, 0.15) is 56.4 Å². The summed E-state index contributed by atoms with van der Waals surface area (Å²) in [7, 11) is 1.67. The van der Waals surface area contributed by atoms with Crippen molar-refractivity contribution in [3.8, 4) is 22.6 Å². The van der Waals surface area contributed by atoms with Crippen LogP contribution in [0.4, 0.5) is 10.1 Å². The number of methoxy groups -OCH3 is 1. The maximum absolute atomic E-state index is 14.8. The molecule has 0 amide bonds. The van der Waals surface area contributed by atoms with Gasteiger partial charge in [0.1, 0.15) is 29.5 Å². The van der Waals surface area contributed by atoms with Gasteiger partial charge in [-0.05, 0) is 112 Å². The van der Waals surface area contributed by atoms with Gasteiger partial charge < -0.3 is 24.3 Å². The highest BCUT2D eigenvalue weighted by Gasteiger charge is 2.17. The van der Waals surface area contributed by atoms with Crippen molar-refractivity contribution < 1.29 is 28.1 Å². The molecule has 0 aromatic heterocycles. The van der Waals surface area contributed by atoms with Crippen LogP contribution in [0.5, 0.6) is 11.5 Å². The van der Waals surface area contributed by atoms with Gasteiger partial charge in [0.2, 0.25) is 0 Å². The lowest BCUT2D eigenvalue weighted by Crippen LogP contribution is -2.24. The average Bonchev–Trinajstić information content (AvgIpc) is 2.88. The molecule has 3 rings (SSSR count). The molecule has 0 aliphatic rings. The van der Waals surface area contributed by atoms with Gasteiger partial charge in [0.05, 0.1) is 13.7 Å². The number of anilines is 1. The van der Waals surface area contributed by atoms with E-state index in [2.05, 4.69) is 25.2 Å². The number of carbonyl (C=O) groups excluding carboxylic acids is 1. The third-order valence-electron chi connectivity index (χ3n) is 6.31. The highest BCUT2D eigenvalue weighted by Crippen LogP contribution is 2.37. The number of hydrogen-bond donors (Lipinski definition) is 1. The van der Waals surface area contributed by atoms with Crippen LogP contribution < -0.4 is 14.8 Å². The first kappa shape index (κ1) is 31.0. The summed E-state index contributed by atoms with van der Waals surface area (Å²) in [6.07, 6.45) is 0.423. The Morgan fingerprint density at radius 2 is 1.70 bits per heavy atom. The molecule has 0 saturated carbocycles. The quantitative estimate of drug-likeness (QED) is 0.176. The number of carbonyl (C=O) groups is 1. The van der Waals surface area contributed by atoms with Crippen LogP contribution in [0.25, 0.3) is 11.1 Å². The maximum atomic E-state index is 14.8. The maximum Gasteiger partial charge on any atom is 0.306 e. The zero-order valence-corrected chi connectivity index (χ0v) is 24.8. The van der Waals surface area contributed by atoms with Crippen molar-refractivity contribution in [3.63, 3.8) is 0 Å². The second-order valence-corrected chi connectivity index (χ2v) is 10.8. The lowest BCUT2D eigenvalue weighted by molar-refractivity contribution is -0.154. The fourth-order valence-corrected chi connectivity index (χ4v) is 4.55. The summed E-state index contributed by atoms with van der Waals surface area (Å²) in [5.74, 6) is 0.907. The Morgan fingerprint density at radius 3 is 2.33 bits per heavy atom. The molecule has 0 bridgehead atoms. The van der Waals surface area contributed by atoms with Crippen LogP contribution in [0.3, 0.4) is 0 Å². The number of nitrogens with one attached hydrogen (secondary N) is 1. The Labute approximate surface area is 237 Å². The lowest BCUT2D eigenvalue weighted by atomic mass is 9.93. The number of halogens is 1. The molecular weight excluding hydrogens is 509 g/mol. The number of aryl methyl sites for hydroxylation is 3. The van der Waals surface area contributed by atoms with E-state index in [9.17, 15) is 9.18 Å². The van der Waals surface area contributed by atoms with Crippen molar-refractivity contribution in [1.82, 2.24) is 0 Å². The van der Waals surface area contributed by atoms with Crippen LogP contribution >= 0.6 is 0 Å². The number of esters is 1. The minimum Gasteiger partial charge on any atom is -0.496 e. The fourth-order valence-electron chi connectivity index (χ4n) is 4.55. The third-order valence-corrected chi connectivity index (χ3v) is 6.31. The van der Waals surface area contributed by atoms with Gasteiger partial charge in [-0.3, -0.25) is 4.79 Å². The van der Waals surface area contributed by atoms with E-state index in [0.29, 0.717) is 37.6 Å². The van der Waals surface area contributed by atoms with Crippen molar-refractivity contribution in [2.75, 3.05) is 32.2 Å². The molecule has 40 heavy (non-hydrogen) atoms. The molecule has 3 aromatic carbocycles. The Bertz CT molecular complexity index is 1280. The summed E-state index contributed by atoms with van der Waals surface area (Å²) in [5.41, 5.74) is 5.87. The first-order chi connectivity index (χ1) is 19.0. The summed E-state index contributed by atoms with van der Waals surface area (Å²) in [4.78, 5) is 12.0. The summed E-state index contributed by atoms with van der Waals surface area (Å²) in [6, 6.07) is 15.1. The summed E-state index contributed by atoms with van der Waals surface area (Å²) < 4.78 is 37.0.